The molecule has 0 amide bonds. The summed E-state index contributed by atoms with van der Waals surface area (Å²) in [7, 11) is 0. The van der Waals surface area contributed by atoms with E-state index >= 15 is 0 Å². The molecule has 80 valence electrons. The fourth-order valence-electron chi connectivity index (χ4n) is 1.87. The predicted octanol–water partition coefficient (Wildman–Crippen LogP) is 2.18. The fourth-order valence-corrected chi connectivity index (χ4v) is 1.87. The van der Waals surface area contributed by atoms with Gasteiger partial charge >= 0.3 is 0 Å². The Bertz CT molecular complexity index is 338. The van der Waals surface area contributed by atoms with Crippen LogP contribution in [0.25, 0.3) is 0 Å². The number of hydrogen-bond acceptors (Lipinski definition) is 2. The summed E-state index contributed by atoms with van der Waals surface area (Å²) in [6.07, 6.45) is 3.35. The summed E-state index contributed by atoms with van der Waals surface area (Å²) in [5, 5.41) is 3.29. The largest absolute Gasteiger partial charge is 0.372 e. The first-order valence-corrected chi connectivity index (χ1v) is 5.73. The molecule has 1 N–H and O–H groups in total. The maximum Gasteiger partial charge on any atom is 0.101 e. The minimum atomic E-state index is 0.934. The van der Waals surface area contributed by atoms with Crippen molar-refractivity contribution in [3.8, 4) is 0 Å². The van der Waals surface area contributed by atoms with Gasteiger partial charge in [-0.1, -0.05) is 37.6 Å². The molecule has 0 radical (unpaired) electrons. The first-order valence-electron chi connectivity index (χ1n) is 5.73. The van der Waals surface area contributed by atoms with Crippen molar-refractivity contribution in [3.63, 3.8) is 0 Å². The van der Waals surface area contributed by atoms with Crippen LogP contribution in [0.3, 0.4) is 0 Å². The van der Waals surface area contributed by atoms with Crippen LogP contribution in [0.5, 0.6) is 0 Å². The highest BCUT2D eigenvalue weighted by Crippen LogP contribution is 2.08. The van der Waals surface area contributed by atoms with E-state index in [2.05, 4.69) is 41.5 Å². The smallest absolute Gasteiger partial charge is 0.101 e. The summed E-state index contributed by atoms with van der Waals surface area (Å²) < 4.78 is 0. The SMILES string of the molecule is CCCc1ccc(CC2=NCCN2)cc1. The van der Waals surface area contributed by atoms with Gasteiger partial charge in [0.05, 0.1) is 6.54 Å². The third-order valence-electron chi connectivity index (χ3n) is 2.68. The molecule has 1 aliphatic heterocycles. The summed E-state index contributed by atoms with van der Waals surface area (Å²) in [4.78, 5) is 4.40. The molecule has 0 bridgehead atoms. The van der Waals surface area contributed by atoms with Gasteiger partial charge in [-0.05, 0) is 17.5 Å². The third kappa shape index (κ3) is 2.82. The Hall–Kier alpha value is -1.31. The molecule has 1 heterocycles. The van der Waals surface area contributed by atoms with E-state index in [1.165, 1.54) is 24.0 Å². The van der Waals surface area contributed by atoms with Crippen molar-refractivity contribution in [2.24, 2.45) is 4.99 Å². The minimum Gasteiger partial charge on any atom is -0.372 e. The van der Waals surface area contributed by atoms with Crippen LogP contribution in [0.2, 0.25) is 0 Å². The van der Waals surface area contributed by atoms with Crippen molar-refractivity contribution in [1.29, 1.82) is 0 Å². The van der Waals surface area contributed by atoms with Crippen molar-refractivity contribution in [3.05, 3.63) is 35.4 Å². The van der Waals surface area contributed by atoms with Gasteiger partial charge in [0.1, 0.15) is 5.84 Å². The number of rotatable bonds is 4. The standard InChI is InChI=1S/C13H18N2/c1-2-3-11-4-6-12(7-5-11)10-13-14-8-9-15-13/h4-7H,2-3,8-10H2,1H3,(H,14,15). The van der Waals surface area contributed by atoms with Crippen LogP contribution < -0.4 is 5.32 Å². The first kappa shape index (κ1) is 10.2. The summed E-state index contributed by atoms with van der Waals surface area (Å²) in [6.45, 7) is 4.15. The lowest BCUT2D eigenvalue weighted by Gasteiger charge is -2.04. The molecule has 15 heavy (non-hydrogen) atoms. The van der Waals surface area contributed by atoms with E-state index in [-0.39, 0.29) is 0 Å². The lowest BCUT2D eigenvalue weighted by atomic mass is 10.1. The second kappa shape index (κ2) is 4.96. The highest BCUT2D eigenvalue weighted by atomic mass is 15.1. The highest BCUT2D eigenvalue weighted by molar-refractivity contribution is 5.85. The van der Waals surface area contributed by atoms with Crippen LogP contribution in [0.4, 0.5) is 0 Å². The average Bonchev–Trinajstić information content (AvgIpc) is 2.74. The number of amidine groups is 1. The predicted molar refractivity (Wildman–Crippen MR) is 64.4 cm³/mol. The van der Waals surface area contributed by atoms with E-state index < -0.39 is 0 Å². The lowest BCUT2D eigenvalue weighted by molar-refractivity contribution is 0.920. The summed E-state index contributed by atoms with van der Waals surface area (Å²) in [5.41, 5.74) is 2.78. The molecule has 0 spiro atoms. The molecule has 0 saturated heterocycles. The molecule has 1 aliphatic rings. The molecular formula is C13H18N2. The molecule has 0 unspecified atom stereocenters. The quantitative estimate of drug-likeness (QED) is 0.795. The third-order valence-corrected chi connectivity index (χ3v) is 2.68. The molecule has 2 heteroatoms. The van der Waals surface area contributed by atoms with E-state index in [9.17, 15) is 0 Å². The maximum atomic E-state index is 4.40. The first-order chi connectivity index (χ1) is 7.38. The fraction of sp³-hybridized carbons (Fsp3) is 0.462. The van der Waals surface area contributed by atoms with E-state index in [1.54, 1.807) is 0 Å². The Morgan fingerprint density at radius 1 is 1.20 bits per heavy atom. The average molecular weight is 202 g/mol. The minimum absolute atomic E-state index is 0.934. The zero-order chi connectivity index (χ0) is 10.5. The van der Waals surface area contributed by atoms with Crippen molar-refractivity contribution < 1.29 is 0 Å². The Labute approximate surface area is 91.4 Å². The molecule has 0 saturated carbocycles. The molecule has 0 aromatic heterocycles. The topological polar surface area (TPSA) is 24.4 Å². The molecule has 2 rings (SSSR count). The van der Waals surface area contributed by atoms with Gasteiger partial charge in [0.15, 0.2) is 0 Å². The number of hydrogen-bond donors (Lipinski definition) is 1. The van der Waals surface area contributed by atoms with Crippen LogP contribution in [0, 0.1) is 0 Å². The molecule has 0 fully saturated rings. The Morgan fingerprint density at radius 3 is 2.53 bits per heavy atom. The zero-order valence-electron chi connectivity index (χ0n) is 9.29. The van der Waals surface area contributed by atoms with Gasteiger partial charge in [-0.2, -0.15) is 0 Å². The van der Waals surface area contributed by atoms with Gasteiger partial charge in [-0.25, -0.2) is 0 Å². The molecule has 2 nitrogen and oxygen atoms in total. The Morgan fingerprint density at radius 2 is 1.93 bits per heavy atom. The van der Waals surface area contributed by atoms with Crippen LogP contribution in [-0.4, -0.2) is 18.9 Å². The van der Waals surface area contributed by atoms with Gasteiger partial charge in [0.2, 0.25) is 0 Å². The molecular weight excluding hydrogens is 184 g/mol. The number of nitrogens with one attached hydrogen (secondary N) is 1. The van der Waals surface area contributed by atoms with Gasteiger partial charge in [0, 0.05) is 13.0 Å². The monoisotopic (exact) mass is 202 g/mol. The number of benzene rings is 1. The van der Waals surface area contributed by atoms with Crippen LogP contribution in [-0.2, 0) is 12.8 Å². The van der Waals surface area contributed by atoms with E-state index in [0.717, 1.165) is 25.3 Å². The highest BCUT2D eigenvalue weighted by Gasteiger charge is 2.05. The number of aryl methyl sites for hydroxylation is 1. The summed E-state index contributed by atoms with van der Waals surface area (Å²) in [6, 6.07) is 8.89. The lowest BCUT2D eigenvalue weighted by Crippen LogP contribution is -2.20. The molecule has 0 atom stereocenters. The number of aliphatic imine (C=N–C) groups is 1. The van der Waals surface area contributed by atoms with Crippen molar-refractivity contribution in [1.82, 2.24) is 5.32 Å². The second-order valence-corrected chi connectivity index (χ2v) is 4.00. The van der Waals surface area contributed by atoms with Crippen LogP contribution in [0.15, 0.2) is 29.3 Å². The van der Waals surface area contributed by atoms with Gasteiger partial charge in [0.25, 0.3) is 0 Å². The van der Waals surface area contributed by atoms with E-state index in [0.29, 0.717) is 0 Å². The molecule has 1 aromatic rings. The number of nitrogens with zero attached hydrogens (tertiary/aromatic N) is 1. The van der Waals surface area contributed by atoms with Crippen molar-refractivity contribution in [2.75, 3.05) is 13.1 Å². The van der Waals surface area contributed by atoms with Gasteiger partial charge < -0.3 is 5.32 Å². The van der Waals surface area contributed by atoms with Crippen molar-refractivity contribution in [2.45, 2.75) is 26.2 Å². The van der Waals surface area contributed by atoms with Gasteiger partial charge in [-0.15, -0.1) is 0 Å². The normalized spacial score (nSPS) is 14.9. The Kier molecular flexibility index (Phi) is 3.38. The van der Waals surface area contributed by atoms with Crippen molar-refractivity contribution >= 4 is 5.84 Å². The van der Waals surface area contributed by atoms with E-state index in [1.807, 2.05) is 0 Å². The molecule has 1 aromatic carbocycles. The second-order valence-electron chi connectivity index (χ2n) is 4.00. The molecule has 0 aliphatic carbocycles. The van der Waals surface area contributed by atoms with Gasteiger partial charge in [-0.3, -0.25) is 4.99 Å². The van der Waals surface area contributed by atoms with Crippen LogP contribution in [0.1, 0.15) is 24.5 Å². The Balaban J connectivity index is 1.97. The maximum absolute atomic E-state index is 4.40. The van der Waals surface area contributed by atoms with Crippen LogP contribution >= 0.6 is 0 Å². The van der Waals surface area contributed by atoms with E-state index in [4.69, 9.17) is 0 Å². The zero-order valence-corrected chi connectivity index (χ0v) is 9.29. The summed E-state index contributed by atoms with van der Waals surface area (Å²) in [5.74, 6) is 1.14. The summed E-state index contributed by atoms with van der Waals surface area (Å²) >= 11 is 0.